The third kappa shape index (κ3) is 5.24. The molecule has 14 nitrogen and oxygen atoms in total. The van der Waals surface area contributed by atoms with Crippen molar-refractivity contribution in [1.29, 1.82) is 0 Å². The zero-order valence-electron chi connectivity index (χ0n) is 29.0. The van der Waals surface area contributed by atoms with Crippen molar-refractivity contribution in [2.24, 2.45) is 0 Å². The second-order valence-electron chi connectivity index (χ2n) is 13.8. The van der Waals surface area contributed by atoms with Gasteiger partial charge < -0.3 is 57.3 Å². The lowest BCUT2D eigenvalue weighted by atomic mass is 9.95. The van der Waals surface area contributed by atoms with Crippen molar-refractivity contribution in [1.82, 2.24) is 0 Å². The van der Waals surface area contributed by atoms with Gasteiger partial charge in [-0.2, -0.15) is 0 Å². The first kappa shape index (κ1) is 34.1. The van der Waals surface area contributed by atoms with E-state index in [1.165, 1.54) is 7.11 Å². The maximum Gasteiger partial charge on any atom is 0.348 e. The maximum atomic E-state index is 13.6. The predicted octanol–water partition coefficient (Wildman–Crippen LogP) is 4.13. The zero-order valence-corrected chi connectivity index (χ0v) is 29.0. The summed E-state index contributed by atoms with van der Waals surface area (Å²) in [5.74, 6) is -0.266. The predicted molar refractivity (Wildman–Crippen MR) is 187 cm³/mol. The molecule has 3 aliphatic rings. The molecule has 11 atom stereocenters. The number of aryl methyl sites for hydroxylation is 1. The van der Waals surface area contributed by atoms with Crippen molar-refractivity contribution in [2.45, 2.75) is 88.5 Å². The van der Waals surface area contributed by atoms with E-state index in [1.54, 1.807) is 51.1 Å². The number of ether oxygens (including phenoxy) is 7. The molecule has 0 amide bonds. The molecule has 0 aliphatic carbocycles. The third-order valence-electron chi connectivity index (χ3n) is 10.6. The van der Waals surface area contributed by atoms with E-state index in [9.17, 15) is 24.9 Å². The van der Waals surface area contributed by atoms with Crippen LogP contribution in [0.15, 0.2) is 79.1 Å². The van der Waals surface area contributed by atoms with Crippen LogP contribution in [0.5, 0.6) is 11.5 Å². The standard InChI is InChI=1S/C39H36O14/c1-15-13-14-21-24-22(15)35(43)50-31-23-19(28(41)26(25(24)31)36(44)48-21)11-8-12-20(23)49-39-34(53-38-29(42)32(45-4)27(40)16(2)46-38)33-30(17(3)47-39)51-37(52-33)18-9-6-5-7-10-18/h5-14,16-17,27,29-30,32-34,37-42H,1-4H3/t16-,17+,27+,29+,30-,32+,33-,34-,37-,38+,39-/m0/s1. The first-order valence-electron chi connectivity index (χ1n) is 17.3. The molecule has 0 bridgehead atoms. The van der Waals surface area contributed by atoms with Crippen LogP contribution in [-0.4, -0.2) is 83.8 Å². The van der Waals surface area contributed by atoms with E-state index in [2.05, 4.69) is 0 Å². The number of methoxy groups -OCH3 is 1. The molecule has 3 fully saturated rings. The van der Waals surface area contributed by atoms with Crippen LogP contribution in [-0.2, 0) is 28.4 Å². The van der Waals surface area contributed by atoms with Crippen LogP contribution in [0.4, 0.5) is 0 Å². The molecule has 3 saturated heterocycles. The highest BCUT2D eigenvalue weighted by molar-refractivity contribution is 6.28. The summed E-state index contributed by atoms with van der Waals surface area (Å²) in [6.45, 7) is 5.17. The molecular formula is C39H36O14. The molecule has 0 radical (unpaired) electrons. The Bertz CT molecular complexity index is 2460. The average molecular weight is 729 g/mol. The van der Waals surface area contributed by atoms with E-state index in [4.69, 9.17) is 42.0 Å². The Morgan fingerprint density at radius 1 is 0.679 bits per heavy atom. The Balaban J connectivity index is 1.19. The smallest absolute Gasteiger partial charge is 0.348 e. The average Bonchev–Trinajstić information content (AvgIpc) is 3.60. The summed E-state index contributed by atoms with van der Waals surface area (Å²) in [5.41, 5.74) is 0.0587. The Kier molecular flexibility index (Phi) is 8.21. The molecular weight excluding hydrogens is 692 g/mol. The number of rotatable bonds is 6. The van der Waals surface area contributed by atoms with Gasteiger partial charge in [-0.25, -0.2) is 9.59 Å². The quantitative estimate of drug-likeness (QED) is 0.126. The lowest BCUT2D eigenvalue weighted by Crippen LogP contribution is -2.63. The highest BCUT2D eigenvalue weighted by Gasteiger charge is 2.56. The van der Waals surface area contributed by atoms with Crippen LogP contribution in [0.3, 0.4) is 0 Å². The van der Waals surface area contributed by atoms with E-state index < -0.39 is 79.0 Å². The summed E-state index contributed by atoms with van der Waals surface area (Å²) in [6, 6.07) is 17.4. The SMILES string of the molecule is CO[C@H]1[C@@H](O)[C@@H](O[C@@H]2[C@H](Oc3cccc4c(O)c5c(=O)oc6ccc(C)c7c(=O)oc(c34)c5c67)O[C@H](C)[C@@H]3O[C@H](c4ccccc4)O[C@H]23)O[C@@H](C)[C@H]1O. The normalized spacial score (nSPS) is 31.8. The van der Waals surface area contributed by atoms with Crippen molar-refractivity contribution < 1.29 is 57.3 Å². The Morgan fingerprint density at radius 3 is 2.19 bits per heavy atom. The zero-order chi connectivity index (χ0) is 36.9. The number of fused-ring (bicyclic) bond motifs is 3. The number of aliphatic hydroxyl groups is 2. The molecule has 276 valence electrons. The summed E-state index contributed by atoms with van der Waals surface area (Å²) < 4.78 is 55.4. The second-order valence-corrected chi connectivity index (χ2v) is 13.8. The Hall–Kier alpha value is -4.64. The van der Waals surface area contributed by atoms with Gasteiger partial charge in [0, 0.05) is 28.8 Å². The summed E-state index contributed by atoms with van der Waals surface area (Å²) >= 11 is 0. The second kappa shape index (κ2) is 12.7. The van der Waals surface area contributed by atoms with E-state index in [0.717, 1.165) is 5.56 Å². The van der Waals surface area contributed by atoms with E-state index in [-0.39, 0.29) is 49.6 Å². The Morgan fingerprint density at radius 2 is 1.42 bits per heavy atom. The number of benzene rings is 4. The molecule has 14 heteroatoms. The van der Waals surface area contributed by atoms with Crippen LogP contribution >= 0.6 is 0 Å². The number of phenolic OH excluding ortho intramolecular Hbond substituents is 1. The minimum atomic E-state index is -1.42. The highest BCUT2D eigenvalue weighted by atomic mass is 16.8. The fourth-order valence-electron chi connectivity index (χ4n) is 7.98. The summed E-state index contributed by atoms with van der Waals surface area (Å²) in [6.07, 6.45) is -10.9. The topological polar surface area (TPSA) is 186 Å². The molecule has 9 rings (SSSR count). The van der Waals surface area contributed by atoms with Crippen LogP contribution < -0.4 is 16.0 Å². The first-order valence-corrected chi connectivity index (χ1v) is 17.3. The van der Waals surface area contributed by atoms with E-state index in [0.29, 0.717) is 10.9 Å². The first-order chi connectivity index (χ1) is 25.5. The monoisotopic (exact) mass is 728 g/mol. The minimum Gasteiger partial charge on any atom is -0.506 e. The van der Waals surface area contributed by atoms with Gasteiger partial charge in [0.2, 0.25) is 6.29 Å². The number of hydrogen-bond acceptors (Lipinski definition) is 14. The fourth-order valence-corrected chi connectivity index (χ4v) is 7.98. The molecule has 4 aromatic carbocycles. The lowest BCUT2D eigenvalue weighted by Gasteiger charge is -2.45. The molecule has 3 N–H and O–H groups in total. The largest absolute Gasteiger partial charge is 0.506 e. The van der Waals surface area contributed by atoms with Crippen molar-refractivity contribution in [2.75, 3.05) is 7.11 Å². The Labute approximate surface area is 300 Å². The van der Waals surface area contributed by atoms with Crippen molar-refractivity contribution in [3.8, 4) is 11.5 Å². The van der Waals surface area contributed by atoms with E-state index in [1.807, 2.05) is 30.3 Å². The van der Waals surface area contributed by atoms with Gasteiger partial charge >= 0.3 is 11.3 Å². The van der Waals surface area contributed by atoms with Crippen LogP contribution in [0, 0.1) is 6.92 Å². The summed E-state index contributed by atoms with van der Waals surface area (Å²) in [5, 5.41) is 34.5. The molecule has 2 aromatic heterocycles. The summed E-state index contributed by atoms with van der Waals surface area (Å²) in [4.78, 5) is 26.9. The highest BCUT2D eigenvalue weighted by Crippen LogP contribution is 2.47. The molecule has 53 heavy (non-hydrogen) atoms. The molecule has 5 heterocycles. The lowest BCUT2D eigenvalue weighted by molar-refractivity contribution is -0.346. The van der Waals surface area contributed by atoms with E-state index >= 15 is 0 Å². The van der Waals surface area contributed by atoms with Gasteiger partial charge in [0.25, 0.3) is 0 Å². The van der Waals surface area contributed by atoms with Crippen molar-refractivity contribution in [3.05, 3.63) is 92.6 Å². The minimum absolute atomic E-state index is 0.00461. The molecule has 0 unspecified atom stereocenters. The number of hydrogen-bond donors (Lipinski definition) is 3. The third-order valence-corrected chi connectivity index (χ3v) is 10.6. The van der Waals surface area contributed by atoms with Crippen molar-refractivity contribution >= 4 is 43.5 Å². The van der Waals surface area contributed by atoms with Gasteiger partial charge in [-0.15, -0.1) is 0 Å². The van der Waals surface area contributed by atoms with Gasteiger partial charge in [0.15, 0.2) is 24.3 Å². The van der Waals surface area contributed by atoms with Crippen LogP contribution in [0.2, 0.25) is 0 Å². The van der Waals surface area contributed by atoms with Crippen molar-refractivity contribution in [3.63, 3.8) is 0 Å². The number of aliphatic hydroxyl groups excluding tert-OH is 2. The maximum absolute atomic E-state index is 13.6. The number of aromatic hydroxyl groups is 1. The van der Waals surface area contributed by atoms with Crippen LogP contribution in [0.1, 0.15) is 31.3 Å². The van der Waals surface area contributed by atoms with Gasteiger partial charge in [-0.1, -0.05) is 48.5 Å². The van der Waals surface area contributed by atoms with Gasteiger partial charge in [0.1, 0.15) is 53.0 Å². The molecule has 3 aliphatic heterocycles. The van der Waals surface area contributed by atoms with Gasteiger partial charge in [0.05, 0.1) is 23.0 Å². The molecule has 0 spiro atoms. The van der Waals surface area contributed by atoms with Crippen LogP contribution in [0.25, 0.3) is 43.5 Å². The molecule has 0 saturated carbocycles. The summed E-state index contributed by atoms with van der Waals surface area (Å²) in [7, 11) is 1.37. The number of phenols is 1. The fraction of sp³-hybridized carbons (Fsp3) is 0.385. The van der Waals surface area contributed by atoms with Gasteiger partial charge in [-0.05, 0) is 38.5 Å². The molecule has 6 aromatic rings. The van der Waals surface area contributed by atoms with Gasteiger partial charge in [-0.3, -0.25) is 0 Å².